The van der Waals surface area contributed by atoms with Gasteiger partial charge in [-0.2, -0.15) is 0 Å². The van der Waals surface area contributed by atoms with Crippen molar-refractivity contribution in [2.24, 2.45) is 0 Å². The van der Waals surface area contributed by atoms with Gasteiger partial charge in [-0.05, 0) is 32.6 Å². The van der Waals surface area contributed by atoms with Crippen LogP contribution in [0.5, 0.6) is 0 Å². The molecule has 2 amide bonds. The average Bonchev–Trinajstić information content (AvgIpc) is 2.59. The second kappa shape index (κ2) is 15.1. The zero-order valence-corrected chi connectivity index (χ0v) is 16.9. The van der Waals surface area contributed by atoms with Crippen LogP contribution >= 0.6 is 0 Å². The molecule has 1 unspecified atom stereocenters. The van der Waals surface area contributed by atoms with Gasteiger partial charge in [-0.15, -0.1) is 0 Å². The van der Waals surface area contributed by atoms with Gasteiger partial charge in [0.1, 0.15) is 13.2 Å². The van der Waals surface area contributed by atoms with Gasteiger partial charge in [0.15, 0.2) is 0 Å². The number of amides is 2. The van der Waals surface area contributed by atoms with E-state index >= 15 is 0 Å². The number of hydrogen-bond acceptors (Lipinski definition) is 4. The Morgan fingerprint density at radius 3 is 1.56 bits per heavy atom. The molecule has 6 heteroatoms. The van der Waals surface area contributed by atoms with Crippen molar-refractivity contribution >= 4 is 11.8 Å². The van der Waals surface area contributed by atoms with Gasteiger partial charge < -0.3 is 19.3 Å². The summed E-state index contributed by atoms with van der Waals surface area (Å²) in [5.74, 6) is 0.0349. The van der Waals surface area contributed by atoms with Crippen LogP contribution in [0.25, 0.3) is 0 Å². The topological polar surface area (TPSA) is 59.1 Å². The average molecular weight is 359 g/mol. The van der Waals surface area contributed by atoms with E-state index in [1.165, 1.54) is 0 Å². The zero-order chi connectivity index (χ0) is 19.1. The van der Waals surface area contributed by atoms with Gasteiger partial charge in [0.05, 0.1) is 12.7 Å². The van der Waals surface area contributed by atoms with Crippen LogP contribution in [0.1, 0.15) is 60.3 Å². The number of rotatable bonds is 15. The smallest absolute Gasteiger partial charge is 0.248 e. The van der Waals surface area contributed by atoms with E-state index in [0.717, 1.165) is 51.9 Å². The number of ether oxygens (including phenoxy) is 2. The predicted octanol–water partition coefficient (Wildman–Crippen LogP) is 2.71. The van der Waals surface area contributed by atoms with E-state index in [2.05, 4.69) is 27.7 Å². The van der Waals surface area contributed by atoms with Gasteiger partial charge in [-0.1, -0.05) is 27.7 Å². The second-order valence-electron chi connectivity index (χ2n) is 6.40. The zero-order valence-electron chi connectivity index (χ0n) is 16.9. The van der Waals surface area contributed by atoms with E-state index in [0.29, 0.717) is 6.61 Å². The van der Waals surface area contributed by atoms with E-state index in [1.807, 2.05) is 16.7 Å². The summed E-state index contributed by atoms with van der Waals surface area (Å²) >= 11 is 0. The molecule has 0 N–H and O–H groups in total. The molecule has 148 valence electrons. The molecule has 0 saturated heterocycles. The summed E-state index contributed by atoms with van der Waals surface area (Å²) in [4.78, 5) is 27.9. The molecule has 0 aromatic heterocycles. The highest BCUT2D eigenvalue weighted by atomic mass is 16.5. The minimum absolute atomic E-state index is 0.0173. The monoisotopic (exact) mass is 358 g/mol. The van der Waals surface area contributed by atoms with Crippen LogP contribution in [-0.2, 0) is 19.1 Å². The van der Waals surface area contributed by atoms with Gasteiger partial charge in [0, 0.05) is 26.2 Å². The molecular formula is C19H38N2O4. The van der Waals surface area contributed by atoms with Crippen LogP contribution in [0.4, 0.5) is 0 Å². The van der Waals surface area contributed by atoms with Gasteiger partial charge in [-0.25, -0.2) is 0 Å². The number of nitrogens with zero attached hydrogens (tertiary/aromatic N) is 2. The molecule has 0 aliphatic heterocycles. The maximum absolute atomic E-state index is 12.1. The molecule has 6 nitrogen and oxygen atoms in total. The van der Waals surface area contributed by atoms with Crippen molar-refractivity contribution in [1.82, 2.24) is 9.80 Å². The third-order valence-corrected chi connectivity index (χ3v) is 3.75. The molecule has 0 radical (unpaired) electrons. The van der Waals surface area contributed by atoms with E-state index in [4.69, 9.17) is 9.47 Å². The van der Waals surface area contributed by atoms with Gasteiger partial charge in [0.2, 0.25) is 11.8 Å². The van der Waals surface area contributed by atoms with Gasteiger partial charge >= 0.3 is 0 Å². The largest absolute Gasteiger partial charge is 0.369 e. The Balaban J connectivity index is 4.07. The van der Waals surface area contributed by atoms with Crippen LogP contribution in [0, 0.1) is 0 Å². The molecule has 0 bridgehead atoms. The molecule has 0 aliphatic carbocycles. The van der Waals surface area contributed by atoms with Crippen LogP contribution in [0.2, 0.25) is 0 Å². The van der Waals surface area contributed by atoms with Crippen molar-refractivity contribution in [1.29, 1.82) is 0 Å². The fourth-order valence-electron chi connectivity index (χ4n) is 2.56. The summed E-state index contributed by atoms with van der Waals surface area (Å²) in [6.45, 7) is 13.6. The molecule has 0 aliphatic rings. The molecule has 0 saturated carbocycles. The minimum Gasteiger partial charge on any atom is -0.369 e. The van der Waals surface area contributed by atoms with E-state index in [1.54, 1.807) is 0 Å². The highest BCUT2D eigenvalue weighted by Crippen LogP contribution is 2.00. The first-order chi connectivity index (χ1) is 12.0. The summed E-state index contributed by atoms with van der Waals surface area (Å²) in [5, 5.41) is 0. The first-order valence-electron chi connectivity index (χ1n) is 9.74. The molecule has 0 aromatic carbocycles. The molecule has 25 heavy (non-hydrogen) atoms. The Bertz CT molecular complexity index is 351. The first-order valence-corrected chi connectivity index (χ1v) is 9.74. The summed E-state index contributed by atoms with van der Waals surface area (Å²) in [7, 11) is 0. The van der Waals surface area contributed by atoms with Crippen molar-refractivity contribution in [2.75, 3.05) is 46.0 Å². The second-order valence-corrected chi connectivity index (χ2v) is 6.40. The lowest BCUT2D eigenvalue weighted by Crippen LogP contribution is -2.37. The summed E-state index contributed by atoms with van der Waals surface area (Å²) in [6, 6.07) is 0. The maximum Gasteiger partial charge on any atom is 0.248 e. The summed E-state index contributed by atoms with van der Waals surface area (Å²) < 4.78 is 11.1. The van der Waals surface area contributed by atoms with E-state index in [-0.39, 0.29) is 31.1 Å². The Kier molecular flexibility index (Phi) is 14.5. The van der Waals surface area contributed by atoms with Crippen molar-refractivity contribution < 1.29 is 19.1 Å². The number of carbonyl (C=O) groups excluding carboxylic acids is 2. The van der Waals surface area contributed by atoms with Gasteiger partial charge in [0.25, 0.3) is 0 Å². The van der Waals surface area contributed by atoms with Crippen molar-refractivity contribution in [2.45, 2.75) is 66.4 Å². The lowest BCUT2D eigenvalue weighted by Gasteiger charge is -2.23. The third-order valence-electron chi connectivity index (χ3n) is 3.75. The van der Waals surface area contributed by atoms with E-state index < -0.39 is 0 Å². The van der Waals surface area contributed by atoms with Crippen LogP contribution < -0.4 is 0 Å². The Hall–Kier alpha value is -1.14. The van der Waals surface area contributed by atoms with Crippen LogP contribution in [0.15, 0.2) is 0 Å². The lowest BCUT2D eigenvalue weighted by atomic mass is 10.3. The standard InChI is InChI=1S/C19H38N2O4/c1-6-10-20(11-7-2)18(22)15-24-14-17(5)25-16-19(23)21(12-8-3)13-9-4/h17H,6-16H2,1-5H3. The Morgan fingerprint density at radius 1 is 0.760 bits per heavy atom. The quantitative estimate of drug-likeness (QED) is 0.452. The Labute approximate surface area is 153 Å². The molecule has 0 fully saturated rings. The fourth-order valence-corrected chi connectivity index (χ4v) is 2.56. The SMILES string of the molecule is CCCN(CCC)C(=O)COCC(C)OCC(=O)N(CCC)CCC. The summed E-state index contributed by atoms with van der Waals surface area (Å²) in [5.41, 5.74) is 0. The molecule has 1 atom stereocenters. The molecule has 0 rings (SSSR count). The highest BCUT2D eigenvalue weighted by Gasteiger charge is 2.15. The normalized spacial score (nSPS) is 12.0. The van der Waals surface area contributed by atoms with Crippen LogP contribution in [-0.4, -0.2) is 73.7 Å². The van der Waals surface area contributed by atoms with Crippen molar-refractivity contribution in [3.8, 4) is 0 Å². The lowest BCUT2D eigenvalue weighted by molar-refractivity contribution is -0.142. The van der Waals surface area contributed by atoms with Crippen molar-refractivity contribution in [3.63, 3.8) is 0 Å². The third kappa shape index (κ3) is 11.2. The highest BCUT2D eigenvalue weighted by molar-refractivity contribution is 5.77. The molecular weight excluding hydrogens is 320 g/mol. The summed E-state index contributed by atoms with van der Waals surface area (Å²) in [6.07, 6.45) is 3.56. The Morgan fingerprint density at radius 2 is 1.16 bits per heavy atom. The first kappa shape index (κ1) is 23.9. The molecule has 0 spiro atoms. The van der Waals surface area contributed by atoms with Crippen LogP contribution in [0.3, 0.4) is 0 Å². The number of hydrogen-bond donors (Lipinski definition) is 0. The minimum atomic E-state index is -0.215. The van der Waals surface area contributed by atoms with E-state index in [9.17, 15) is 9.59 Å². The van der Waals surface area contributed by atoms with Crippen molar-refractivity contribution in [3.05, 3.63) is 0 Å². The van der Waals surface area contributed by atoms with Gasteiger partial charge in [-0.3, -0.25) is 9.59 Å². The molecule has 0 heterocycles. The number of carbonyl (C=O) groups is 2. The predicted molar refractivity (Wildman–Crippen MR) is 101 cm³/mol. The fraction of sp³-hybridized carbons (Fsp3) is 0.895. The maximum atomic E-state index is 12.1. The molecule has 0 aromatic rings.